The number of hydrogen-bond donors (Lipinski definition) is 1. The van der Waals surface area contributed by atoms with Crippen molar-refractivity contribution in [3.63, 3.8) is 0 Å². The van der Waals surface area contributed by atoms with Crippen molar-refractivity contribution in [2.45, 2.75) is 31.3 Å². The van der Waals surface area contributed by atoms with Crippen LogP contribution in [0.2, 0.25) is 5.02 Å². The first kappa shape index (κ1) is 21.3. The van der Waals surface area contributed by atoms with Crippen LogP contribution in [0.25, 0.3) is 0 Å². The quantitative estimate of drug-likeness (QED) is 0.717. The number of carboxylic acid groups (broad SMARTS) is 1. The number of carboxylic acids is 1. The maximum absolute atomic E-state index is 12.0. The lowest BCUT2D eigenvalue weighted by atomic mass is 9.91. The molecule has 0 aromatic heterocycles. The highest BCUT2D eigenvalue weighted by Crippen LogP contribution is 2.43. The molecule has 0 bridgehead atoms. The number of likely N-dealkylation sites (tertiary alicyclic amines) is 1. The van der Waals surface area contributed by atoms with Gasteiger partial charge in [0.15, 0.2) is 11.5 Å². The summed E-state index contributed by atoms with van der Waals surface area (Å²) in [5.41, 5.74) is 1.76. The Morgan fingerprint density at radius 3 is 2.24 bits per heavy atom. The largest absolute Gasteiger partial charge is 0.496 e. The molecule has 2 unspecified atom stereocenters. The van der Waals surface area contributed by atoms with Gasteiger partial charge in [-0.3, -0.25) is 9.69 Å². The second kappa shape index (κ2) is 9.37. The van der Waals surface area contributed by atoms with E-state index in [0.717, 1.165) is 24.0 Å². The van der Waals surface area contributed by atoms with Crippen molar-refractivity contribution < 1.29 is 24.1 Å². The van der Waals surface area contributed by atoms with E-state index in [2.05, 4.69) is 0 Å². The van der Waals surface area contributed by atoms with Crippen molar-refractivity contribution in [2.75, 3.05) is 27.9 Å². The van der Waals surface area contributed by atoms with Crippen LogP contribution in [0.4, 0.5) is 0 Å². The molecule has 1 aliphatic rings. The summed E-state index contributed by atoms with van der Waals surface area (Å²) >= 11 is 6.10. The second-order valence-electron chi connectivity index (χ2n) is 6.99. The van der Waals surface area contributed by atoms with Gasteiger partial charge < -0.3 is 19.3 Å². The number of rotatable bonds is 7. The van der Waals surface area contributed by atoms with Gasteiger partial charge in [0.1, 0.15) is 11.8 Å². The Labute approximate surface area is 175 Å². The summed E-state index contributed by atoms with van der Waals surface area (Å²) in [4.78, 5) is 14.1. The first-order chi connectivity index (χ1) is 14.0. The summed E-state index contributed by atoms with van der Waals surface area (Å²) in [5, 5.41) is 10.5. The van der Waals surface area contributed by atoms with Gasteiger partial charge in [-0.05, 0) is 43.1 Å². The van der Waals surface area contributed by atoms with Crippen molar-refractivity contribution in [1.29, 1.82) is 0 Å². The molecule has 6 nitrogen and oxygen atoms in total. The Morgan fingerprint density at radius 2 is 1.66 bits per heavy atom. The maximum Gasteiger partial charge on any atom is 0.320 e. The smallest absolute Gasteiger partial charge is 0.320 e. The van der Waals surface area contributed by atoms with Crippen molar-refractivity contribution >= 4 is 17.6 Å². The highest BCUT2D eigenvalue weighted by Gasteiger charge is 2.36. The number of piperidine rings is 1. The lowest BCUT2D eigenvalue weighted by Gasteiger charge is -2.40. The van der Waals surface area contributed by atoms with Gasteiger partial charge in [0.25, 0.3) is 0 Å². The summed E-state index contributed by atoms with van der Waals surface area (Å²) in [6.07, 6.45) is 2.43. The molecule has 29 heavy (non-hydrogen) atoms. The van der Waals surface area contributed by atoms with Crippen LogP contribution in [0.1, 0.15) is 36.4 Å². The third-order valence-corrected chi connectivity index (χ3v) is 5.63. The summed E-state index contributed by atoms with van der Waals surface area (Å²) in [6, 6.07) is 10.2. The SMILES string of the molecule is COc1cc(OC)c(C(c2ccc(Cl)cc2)N2CCCCC2C(=O)O)cc1OC. The Hall–Kier alpha value is -2.44. The highest BCUT2D eigenvalue weighted by atomic mass is 35.5. The van der Waals surface area contributed by atoms with Gasteiger partial charge in [0.05, 0.1) is 27.4 Å². The molecule has 156 valence electrons. The minimum absolute atomic E-state index is 0.330. The van der Waals surface area contributed by atoms with Crippen LogP contribution >= 0.6 is 11.6 Å². The van der Waals surface area contributed by atoms with E-state index in [4.69, 9.17) is 25.8 Å². The second-order valence-corrected chi connectivity index (χ2v) is 7.43. The number of nitrogens with zero attached hydrogens (tertiary/aromatic N) is 1. The highest BCUT2D eigenvalue weighted by molar-refractivity contribution is 6.30. The molecule has 2 aromatic rings. The zero-order valence-electron chi connectivity index (χ0n) is 16.9. The van der Waals surface area contributed by atoms with Crippen LogP contribution < -0.4 is 14.2 Å². The number of carbonyl (C=O) groups is 1. The first-order valence-electron chi connectivity index (χ1n) is 9.54. The number of aliphatic carboxylic acids is 1. The van der Waals surface area contributed by atoms with Gasteiger partial charge in [-0.25, -0.2) is 0 Å². The molecule has 1 fully saturated rings. The van der Waals surface area contributed by atoms with Crippen LogP contribution in [0.15, 0.2) is 36.4 Å². The Morgan fingerprint density at radius 1 is 1.03 bits per heavy atom. The van der Waals surface area contributed by atoms with Gasteiger partial charge in [-0.2, -0.15) is 0 Å². The molecule has 2 atom stereocenters. The Kier molecular flexibility index (Phi) is 6.87. The lowest BCUT2D eigenvalue weighted by Crippen LogP contribution is -2.46. The molecule has 1 heterocycles. The lowest BCUT2D eigenvalue weighted by molar-refractivity contribution is -0.145. The van der Waals surface area contributed by atoms with Crippen molar-refractivity contribution in [2.24, 2.45) is 0 Å². The van der Waals surface area contributed by atoms with Crippen LogP contribution in [-0.2, 0) is 4.79 Å². The van der Waals surface area contributed by atoms with Crippen LogP contribution in [0.5, 0.6) is 17.2 Å². The fourth-order valence-corrected chi connectivity index (χ4v) is 4.12. The van der Waals surface area contributed by atoms with E-state index in [1.807, 2.05) is 35.2 Å². The average molecular weight is 420 g/mol. The normalized spacial score (nSPS) is 18.1. The fourth-order valence-electron chi connectivity index (χ4n) is 3.99. The minimum atomic E-state index is -0.817. The molecule has 1 aliphatic heterocycles. The summed E-state index contributed by atoms with van der Waals surface area (Å²) < 4.78 is 16.6. The van der Waals surface area contributed by atoms with E-state index in [9.17, 15) is 9.90 Å². The van der Waals surface area contributed by atoms with Gasteiger partial charge in [0, 0.05) is 16.7 Å². The van der Waals surface area contributed by atoms with Gasteiger partial charge >= 0.3 is 5.97 Å². The molecular formula is C22H26ClNO5. The number of methoxy groups -OCH3 is 3. The van der Waals surface area contributed by atoms with E-state index in [0.29, 0.717) is 35.2 Å². The zero-order valence-corrected chi connectivity index (χ0v) is 17.6. The van der Waals surface area contributed by atoms with Crippen LogP contribution in [-0.4, -0.2) is 49.9 Å². The molecule has 0 saturated carbocycles. The molecule has 7 heteroatoms. The van der Waals surface area contributed by atoms with E-state index in [1.54, 1.807) is 27.4 Å². The van der Waals surface area contributed by atoms with E-state index in [1.165, 1.54) is 0 Å². The molecule has 3 rings (SSSR count). The molecule has 2 aromatic carbocycles. The summed E-state index contributed by atoms with van der Waals surface area (Å²) in [5.74, 6) is 0.906. The van der Waals surface area contributed by atoms with Crippen molar-refractivity contribution in [3.05, 3.63) is 52.5 Å². The molecular weight excluding hydrogens is 394 g/mol. The van der Waals surface area contributed by atoms with E-state index >= 15 is 0 Å². The predicted octanol–water partition coefficient (Wildman–Crippen LogP) is 4.39. The van der Waals surface area contributed by atoms with Gasteiger partial charge in [0.2, 0.25) is 0 Å². The predicted molar refractivity (Wildman–Crippen MR) is 111 cm³/mol. The molecule has 0 spiro atoms. The first-order valence-corrected chi connectivity index (χ1v) is 9.91. The van der Waals surface area contributed by atoms with Crippen molar-refractivity contribution in [3.8, 4) is 17.2 Å². The molecule has 0 amide bonds. The number of halogens is 1. The monoisotopic (exact) mass is 419 g/mol. The number of benzene rings is 2. The topological polar surface area (TPSA) is 68.2 Å². The van der Waals surface area contributed by atoms with Gasteiger partial charge in [-0.15, -0.1) is 0 Å². The zero-order chi connectivity index (χ0) is 21.0. The van der Waals surface area contributed by atoms with Crippen LogP contribution in [0, 0.1) is 0 Å². The van der Waals surface area contributed by atoms with Crippen LogP contribution in [0.3, 0.4) is 0 Å². The molecule has 0 radical (unpaired) electrons. The van der Waals surface area contributed by atoms with Gasteiger partial charge in [-0.1, -0.05) is 30.2 Å². The Balaban J connectivity index is 2.20. The van der Waals surface area contributed by atoms with E-state index in [-0.39, 0.29) is 6.04 Å². The van der Waals surface area contributed by atoms with E-state index < -0.39 is 12.0 Å². The minimum Gasteiger partial charge on any atom is -0.496 e. The third kappa shape index (κ3) is 4.43. The summed E-state index contributed by atoms with van der Waals surface area (Å²) in [7, 11) is 4.74. The average Bonchev–Trinajstić information content (AvgIpc) is 2.75. The Bertz CT molecular complexity index is 855. The summed E-state index contributed by atoms with van der Waals surface area (Å²) in [6.45, 7) is 0.668. The van der Waals surface area contributed by atoms with Crippen molar-refractivity contribution in [1.82, 2.24) is 4.90 Å². The third-order valence-electron chi connectivity index (χ3n) is 5.38. The fraction of sp³-hybridized carbons (Fsp3) is 0.409. The standard InChI is InChI=1S/C22H26ClNO5/c1-27-18-13-20(29-3)19(28-2)12-16(18)21(14-7-9-15(23)10-8-14)24-11-5-4-6-17(24)22(25)26/h7-10,12-13,17,21H,4-6,11H2,1-3H3,(H,25,26). The molecule has 0 aliphatic carbocycles. The number of hydrogen-bond acceptors (Lipinski definition) is 5. The maximum atomic E-state index is 12.0. The number of ether oxygens (including phenoxy) is 3. The molecule has 1 N–H and O–H groups in total. The molecule has 1 saturated heterocycles.